The number of carbonyl (C=O) groups excluding carboxylic acids is 1. The van der Waals surface area contributed by atoms with Crippen LogP contribution in [0.2, 0.25) is 0 Å². The summed E-state index contributed by atoms with van der Waals surface area (Å²) in [5.74, 6) is -0.0594. The zero-order valence-corrected chi connectivity index (χ0v) is 14.3. The highest BCUT2D eigenvalue weighted by molar-refractivity contribution is 8.00. The molecule has 0 bridgehead atoms. The molecular weight excluding hydrogens is 320 g/mol. The second-order valence-electron chi connectivity index (χ2n) is 4.87. The molecule has 1 unspecified atom stereocenters. The number of aromatic amines is 1. The van der Waals surface area contributed by atoms with Gasteiger partial charge in [0, 0.05) is 11.4 Å². The Balaban J connectivity index is 1.92. The molecule has 0 aliphatic carbocycles. The number of unbranched alkanes of at least 4 members (excludes halogenated alkanes) is 1. The first kappa shape index (κ1) is 16.8. The molecule has 2 aromatic heterocycles. The highest BCUT2D eigenvalue weighted by Gasteiger charge is 2.18. The Hall–Kier alpha value is -1.54. The van der Waals surface area contributed by atoms with Crippen LogP contribution in [0.5, 0.6) is 0 Å². The smallest absolute Gasteiger partial charge is 0.343 e. The molecule has 0 aromatic carbocycles. The molecule has 0 saturated carbocycles. The number of aromatic nitrogens is 3. The summed E-state index contributed by atoms with van der Waals surface area (Å²) in [6, 6.07) is 3.94. The van der Waals surface area contributed by atoms with E-state index in [4.69, 9.17) is 0 Å². The molecule has 2 N–H and O–H groups in total. The summed E-state index contributed by atoms with van der Waals surface area (Å²) < 4.78 is 1.59. The van der Waals surface area contributed by atoms with E-state index in [0.717, 1.165) is 17.7 Å². The van der Waals surface area contributed by atoms with Crippen molar-refractivity contribution in [3.63, 3.8) is 0 Å². The summed E-state index contributed by atoms with van der Waals surface area (Å²) in [6.07, 6.45) is 1.91. The highest BCUT2D eigenvalue weighted by atomic mass is 32.2. The van der Waals surface area contributed by atoms with Crippen LogP contribution in [0.3, 0.4) is 0 Å². The van der Waals surface area contributed by atoms with Crippen molar-refractivity contribution in [1.82, 2.24) is 20.1 Å². The van der Waals surface area contributed by atoms with E-state index >= 15 is 0 Å². The lowest BCUT2D eigenvalue weighted by atomic mass is 10.3. The second-order valence-corrected chi connectivity index (χ2v) is 7.21. The normalized spacial score (nSPS) is 12.3. The number of H-pyrrole nitrogens is 1. The van der Waals surface area contributed by atoms with Gasteiger partial charge >= 0.3 is 5.69 Å². The minimum atomic E-state index is -0.310. The third-order valence-corrected chi connectivity index (χ3v) is 5.09. The van der Waals surface area contributed by atoms with Gasteiger partial charge in [-0.05, 0) is 24.8 Å². The lowest BCUT2D eigenvalue weighted by molar-refractivity contribution is -0.120. The first-order valence-corrected chi connectivity index (χ1v) is 8.99. The van der Waals surface area contributed by atoms with Crippen LogP contribution < -0.4 is 11.0 Å². The molecule has 8 heteroatoms. The third-order valence-electron chi connectivity index (χ3n) is 3.13. The molecule has 0 radical (unpaired) electrons. The van der Waals surface area contributed by atoms with Crippen LogP contribution in [0.25, 0.3) is 0 Å². The zero-order valence-electron chi connectivity index (χ0n) is 12.7. The molecule has 1 atom stereocenters. The van der Waals surface area contributed by atoms with E-state index < -0.39 is 0 Å². The van der Waals surface area contributed by atoms with Gasteiger partial charge in [0.15, 0.2) is 5.16 Å². The van der Waals surface area contributed by atoms with Gasteiger partial charge in [0.25, 0.3) is 0 Å². The Morgan fingerprint density at radius 2 is 2.41 bits per heavy atom. The number of nitrogens with zero attached hydrogens (tertiary/aromatic N) is 2. The Kier molecular flexibility index (Phi) is 6.26. The Bertz CT molecular complexity index is 648. The van der Waals surface area contributed by atoms with Crippen molar-refractivity contribution in [2.75, 3.05) is 0 Å². The summed E-state index contributed by atoms with van der Waals surface area (Å²) in [6.45, 7) is 5.04. The number of rotatable bonds is 8. The highest BCUT2D eigenvalue weighted by Crippen LogP contribution is 2.20. The molecule has 120 valence electrons. The minimum absolute atomic E-state index is 0.0594. The van der Waals surface area contributed by atoms with Crippen LogP contribution in [0, 0.1) is 0 Å². The maximum Gasteiger partial charge on any atom is 0.343 e. The van der Waals surface area contributed by atoms with Crippen LogP contribution in [0.4, 0.5) is 0 Å². The Labute approximate surface area is 137 Å². The van der Waals surface area contributed by atoms with Crippen molar-refractivity contribution in [3.05, 3.63) is 32.9 Å². The Morgan fingerprint density at radius 3 is 3.09 bits per heavy atom. The van der Waals surface area contributed by atoms with Gasteiger partial charge in [-0.15, -0.1) is 16.4 Å². The minimum Gasteiger partial charge on any atom is -0.350 e. The number of thioether (sulfide) groups is 1. The molecular formula is C14H20N4O2S2. The van der Waals surface area contributed by atoms with Gasteiger partial charge in [-0.3, -0.25) is 9.36 Å². The van der Waals surface area contributed by atoms with Crippen LogP contribution >= 0.6 is 23.1 Å². The number of hydrogen-bond donors (Lipinski definition) is 2. The number of carbonyl (C=O) groups is 1. The average molecular weight is 340 g/mol. The molecule has 0 aliphatic rings. The standard InChI is InChI=1S/C14H20N4O2S2/c1-3-4-7-18-13(20)16-17-14(18)22-10(2)12(19)15-9-11-6-5-8-21-11/h5-6,8,10H,3-4,7,9H2,1-2H3,(H,15,19)(H,16,20). The van der Waals surface area contributed by atoms with E-state index in [0.29, 0.717) is 18.2 Å². The first-order valence-electron chi connectivity index (χ1n) is 7.23. The molecule has 2 rings (SSSR count). The number of hydrogen-bond acceptors (Lipinski definition) is 5. The van der Waals surface area contributed by atoms with Gasteiger partial charge in [0.05, 0.1) is 11.8 Å². The van der Waals surface area contributed by atoms with Crippen LogP contribution in [-0.4, -0.2) is 25.9 Å². The fourth-order valence-electron chi connectivity index (χ4n) is 1.85. The van der Waals surface area contributed by atoms with Gasteiger partial charge in [-0.25, -0.2) is 9.89 Å². The fourth-order valence-corrected chi connectivity index (χ4v) is 3.40. The van der Waals surface area contributed by atoms with Gasteiger partial charge in [-0.2, -0.15) is 0 Å². The molecule has 22 heavy (non-hydrogen) atoms. The molecule has 6 nitrogen and oxygen atoms in total. The SMILES string of the molecule is CCCCn1c(SC(C)C(=O)NCc2cccs2)n[nH]c1=O. The van der Waals surface area contributed by atoms with Crippen LogP contribution in [0.1, 0.15) is 31.6 Å². The Morgan fingerprint density at radius 1 is 1.59 bits per heavy atom. The zero-order chi connectivity index (χ0) is 15.9. The van der Waals surface area contributed by atoms with Gasteiger partial charge in [0.1, 0.15) is 0 Å². The van der Waals surface area contributed by atoms with Crippen LogP contribution in [0.15, 0.2) is 27.5 Å². The van der Waals surface area contributed by atoms with Gasteiger partial charge in [-0.1, -0.05) is 31.2 Å². The van der Waals surface area contributed by atoms with E-state index in [9.17, 15) is 9.59 Å². The largest absolute Gasteiger partial charge is 0.350 e. The molecule has 1 amide bonds. The van der Waals surface area contributed by atoms with Crippen molar-refractivity contribution in [2.45, 2.75) is 50.2 Å². The lowest BCUT2D eigenvalue weighted by Gasteiger charge is -2.11. The number of nitrogens with one attached hydrogen (secondary N) is 2. The van der Waals surface area contributed by atoms with Crippen molar-refractivity contribution in [3.8, 4) is 0 Å². The predicted molar refractivity (Wildman–Crippen MR) is 89.2 cm³/mol. The number of thiophene rings is 1. The van der Waals surface area contributed by atoms with Crippen molar-refractivity contribution < 1.29 is 4.79 Å². The van der Waals surface area contributed by atoms with Crippen molar-refractivity contribution >= 4 is 29.0 Å². The van der Waals surface area contributed by atoms with Gasteiger partial charge < -0.3 is 5.32 Å². The first-order chi connectivity index (χ1) is 10.6. The average Bonchev–Trinajstić information content (AvgIpc) is 3.13. The summed E-state index contributed by atoms with van der Waals surface area (Å²) in [4.78, 5) is 24.9. The summed E-state index contributed by atoms with van der Waals surface area (Å²) >= 11 is 2.91. The molecule has 2 aromatic rings. The van der Waals surface area contributed by atoms with Crippen LogP contribution in [-0.2, 0) is 17.9 Å². The monoisotopic (exact) mass is 340 g/mol. The van der Waals surface area contributed by atoms with Crippen molar-refractivity contribution in [1.29, 1.82) is 0 Å². The molecule has 2 heterocycles. The second kappa shape index (κ2) is 8.19. The summed E-state index contributed by atoms with van der Waals surface area (Å²) in [7, 11) is 0. The molecule has 0 spiro atoms. The lowest BCUT2D eigenvalue weighted by Crippen LogP contribution is -2.30. The van der Waals surface area contributed by atoms with E-state index in [2.05, 4.69) is 22.4 Å². The molecule has 0 saturated heterocycles. The predicted octanol–water partition coefficient (Wildman–Crippen LogP) is 2.23. The summed E-state index contributed by atoms with van der Waals surface area (Å²) in [5, 5.41) is 11.6. The summed E-state index contributed by atoms with van der Waals surface area (Å²) in [5.41, 5.74) is -0.220. The van der Waals surface area contributed by atoms with E-state index in [1.165, 1.54) is 11.8 Å². The van der Waals surface area contributed by atoms with E-state index in [1.54, 1.807) is 15.9 Å². The quantitative estimate of drug-likeness (QED) is 0.722. The maximum atomic E-state index is 12.1. The van der Waals surface area contributed by atoms with Crippen molar-refractivity contribution in [2.24, 2.45) is 0 Å². The topological polar surface area (TPSA) is 79.8 Å². The molecule has 0 fully saturated rings. The fraction of sp³-hybridized carbons (Fsp3) is 0.500. The third kappa shape index (κ3) is 4.48. The van der Waals surface area contributed by atoms with E-state index in [-0.39, 0.29) is 16.8 Å². The van der Waals surface area contributed by atoms with E-state index in [1.807, 2.05) is 24.4 Å². The van der Waals surface area contributed by atoms with Gasteiger partial charge in [0.2, 0.25) is 5.91 Å². The molecule has 0 aliphatic heterocycles. The maximum absolute atomic E-state index is 12.1. The number of amides is 1.